The second kappa shape index (κ2) is 11.2. The largest absolute Gasteiger partial charge is 0.372 e. The monoisotopic (exact) mass is 575 g/mol. The van der Waals surface area contributed by atoms with Crippen molar-refractivity contribution in [3.8, 4) is 22.4 Å². The van der Waals surface area contributed by atoms with Crippen LogP contribution < -0.4 is 9.47 Å². The Bertz CT molecular complexity index is 1290. The molecule has 0 spiro atoms. The molecule has 3 aromatic carbocycles. The molecule has 0 amide bonds. The maximum atomic E-state index is 3.63. The zero-order valence-electron chi connectivity index (χ0n) is 19.8. The van der Waals surface area contributed by atoms with E-state index in [0.717, 1.165) is 27.7 Å². The highest BCUT2D eigenvalue weighted by Crippen LogP contribution is 2.28. The molecular formula is C30H29Br2N2+. The fourth-order valence-electron chi connectivity index (χ4n) is 4.14. The second-order valence-corrected chi connectivity index (χ2v) is 10.1. The average Bonchev–Trinajstić information content (AvgIpc) is 2.85. The molecular weight excluding hydrogens is 548 g/mol. The van der Waals surface area contributed by atoms with E-state index < -0.39 is 0 Å². The number of anilines is 1. The number of hydrogen-bond donors (Lipinski definition) is 0. The molecule has 0 saturated heterocycles. The molecule has 0 fully saturated rings. The Balaban J connectivity index is 1.76. The third kappa shape index (κ3) is 5.68. The normalized spacial score (nSPS) is 11.2. The van der Waals surface area contributed by atoms with Crippen LogP contribution in [0.5, 0.6) is 0 Å². The van der Waals surface area contributed by atoms with Crippen LogP contribution in [0.15, 0.2) is 93.9 Å². The molecule has 0 atom stereocenters. The summed E-state index contributed by atoms with van der Waals surface area (Å²) in [6.45, 7) is 6.42. The zero-order chi connectivity index (χ0) is 24.1. The maximum absolute atomic E-state index is 3.63. The van der Waals surface area contributed by atoms with E-state index >= 15 is 0 Å². The number of benzene rings is 3. The number of pyridine rings is 1. The lowest BCUT2D eigenvalue weighted by Gasteiger charge is -2.20. The molecule has 1 heterocycles. The third-order valence-corrected chi connectivity index (χ3v) is 7.13. The van der Waals surface area contributed by atoms with Gasteiger partial charge < -0.3 is 4.90 Å². The molecule has 0 aliphatic rings. The standard InChI is InChI=1S/C30H29Br2N2/c1-4-34(5-2)28-16-9-22(10-17-28)11-18-29-20-25(23-12-14-26(31)15-13-23)21-30(33(29)3)24-7-6-8-27(32)19-24/h6-21H,4-5H2,1-3H3/q+1. The first-order valence-electron chi connectivity index (χ1n) is 11.6. The fourth-order valence-corrected chi connectivity index (χ4v) is 4.80. The van der Waals surface area contributed by atoms with Crippen LogP contribution in [0.25, 0.3) is 34.5 Å². The Morgan fingerprint density at radius 3 is 2.06 bits per heavy atom. The van der Waals surface area contributed by atoms with Crippen LogP contribution in [0.3, 0.4) is 0 Å². The van der Waals surface area contributed by atoms with Gasteiger partial charge in [0, 0.05) is 51.5 Å². The van der Waals surface area contributed by atoms with Gasteiger partial charge in [-0.05, 0) is 79.1 Å². The molecule has 1 aromatic heterocycles. The maximum Gasteiger partial charge on any atom is 0.213 e. The summed E-state index contributed by atoms with van der Waals surface area (Å²) in [5.41, 5.74) is 8.32. The van der Waals surface area contributed by atoms with Gasteiger partial charge in [-0.1, -0.05) is 62.2 Å². The van der Waals surface area contributed by atoms with Crippen molar-refractivity contribution in [2.45, 2.75) is 13.8 Å². The summed E-state index contributed by atoms with van der Waals surface area (Å²) in [7, 11) is 2.13. The van der Waals surface area contributed by atoms with E-state index in [-0.39, 0.29) is 0 Å². The van der Waals surface area contributed by atoms with Crippen molar-refractivity contribution in [3.63, 3.8) is 0 Å². The van der Waals surface area contributed by atoms with Gasteiger partial charge in [0.1, 0.15) is 7.05 Å². The van der Waals surface area contributed by atoms with Crippen molar-refractivity contribution >= 4 is 49.7 Å². The van der Waals surface area contributed by atoms with Gasteiger partial charge in [-0.25, -0.2) is 0 Å². The van der Waals surface area contributed by atoms with E-state index in [2.05, 4.69) is 159 Å². The smallest absolute Gasteiger partial charge is 0.213 e. The number of rotatable bonds is 7. The lowest BCUT2D eigenvalue weighted by molar-refractivity contribution is -0.662. The predicted molar refractivity (Wildman–Crippen MR) is 153 cm³/mol. The molecule has 0 aliphatic carbocycles. The first-order valence-corrected chi connectivity index (χ1v) is 13.2. The quantitative estimate of drug-likeness (QED) is 0.200. The van der Waals surface area contributed by atoms with Gasteiger partial charge in [0.05, 0.1) is 0 Å². The van der Waals surface area contributed by atoms with Gasteiger partial charge >= 0.3 is 0 Å². The Labute approximate surface area is 219 Å². The van der Waals surface area contributed by atoms with Crippen molar-refractivity contribution < 1.29 is 4.57 Å². The molecule has 4 aromatic rings. The Morgan fingerprint density at radius 2 is 1.41 bits per heavy atom. The Morgan fingerprint density at radius 1 is 0.706 bits per heavy atom. The fraction of sp³-hybridized carbons (Fsp3) is 0.167. The highest BCUT2D eigenvalue weighted by atomic mass is 79.9. The summed E-state index contributed by atoms with van der Waals surface area (Å²) in [5, 5.41) is 0. The van der Waals surface area contributed by atoms with Crippen molar-refractivity contribution in [3.05, 3.63) is 105 Å². The minimum atomic E-state index is 1.02. The molecule has 34 heavy (non-hydrogen) atoms. The van der Waals surface area contributed by atoms with Crippen LogP contribution in [0.2, 0.25) is 0 Å². The Hall–Kier alpha value is -2.69. The van der Waals surface area contributed by atoms with E-state index in [1.807, 2.05) is 0 Å². The summed E-state index contributed by atoms with van der Waals surface area (Å²) < 4.78 is 4.41. The number of nitrogens with zero attached hydrogens (tertiary/aromatic N) is 2. The van der Waals surface area contributed by atoms with E-state index in [1.54, 1.807) is 0 Å². The molecule has 2 nitrogen and oxygen atoms in total. The lowest BCUT2D eigenvalue weighted by Crippen LogP contribution is -2.34. The first-order chi connectivity index (χ1) is 16.5. The minimum Gasteiger partial charge on any atom is -0.372 e. The van der Waals surface area contributed by atoms with Crippen molar-refractivity contribution in [2.75, 3.05) is 18.0 Å². The minimum absolute atomic E-state index is 1.02. The van der Waals surface area contributed by atoms with Crippen LogP contribution in [0, 0.1) is 0 Å². The summed E-state index contributed by atoms with van der Waals surface area (Å²) in [4.78, 5) is 2.36. The average molecular weight is 577 g/mol. The highest BCUT2D eigenvalue weighted by Gasteiger charge is 2.17. The van der Waals surface area contributed by atoms with E-state index in [9.17, 15) is 0 Å². The molecule has 0 radical (unpaired) electrons. The van der Waals surface area contributed by atoms with E-state index in [1.165, 1.54) is 33.6 Å². The van der Waals surface area contributed by atoms with Gasteiger partial charge in [0.25, 0.3) is 0 Å². The number of halogens is 2. The van der Waals surface area contributed by atoms with Crippen molar-refractivity contribution in [1.82, 2.24) is 0 Å². The second-order valence-electron chi connectivity index (χ2n) is 8.23. The highest BCUT2D eigenvalue weighted by molar-refractivity contribution is 9.10. The van der Waals surface area contributed by atoms with Crippen LogP contribution in [-0.4, -0.2) is 13.1 Å². The van der Waals surface area contributed by atoms with Gasteiger partial charge in [0.15, 0.2) is 0 Å². The molecule has 0 unspecified atom stereocenters. The van der Waals surface area contributed by atoms with Gasteiger partial charge in [-0.15, -0.1) is 0 Å². The molecule has 0 saturated carbocycles. The molecule has 0 bridgehead atoms. The van der Waals surface area contributed by atoms with Crippen molar-refractivity contribution in [1.29, 1.82) is 0 Å². The summed E-state index contributed by atoms with van der Waals surface area (Å²) >= 11 is 7.18. The topological polar surface area (TPSA) is 7.12 Å². The molecule has 0 N–H and O–H groups in total. The Kier molecular flexibility index (Phi) is 8.02. The third-order valence-electron chi connectivity index (χ3n) is 6.11. The summed E-state index contributed by atoms with van der Waals surface area (Å²) in [6.07, 6.45) is 4.40. The van der Waals surface area contributed by atoms with Crippen LogP contribution in [0.4, 0.5) is 5.69 Å². The van der Waals surface area contributed by atoms with Crippen LogP contribution in [-0.2, 0) is 7.05 Å². The lowest BCUT2D eigenvalue weighted by atomic mass is 10.0. The van der Waals surface area contributed by atoms with E-state index in [0.29, 0.717) is 0 Å². The van der Waals surface area contributed by atoms with E-state index in [4.69, 9.17) is 0 Å². The molecule has 4 heteroatoms. The predicted octanol–water partition coefficient (Wildman–Crippen LogP) is 8.39. The first kappa shape index (κ1) is 24.4. The van der Waals surface area contributed by atoms with Gasteiger partial charge in [-0.2, -0.15) is 4.57 Å². The number of hydrogen-bond acceptors (Lipinski definition) is 1. The van der Waals surface area contributed by atoms with Gasteiger partial charge in [0.2, 0.25) is 11.4 Å². The SMILES string of the molecule is CCN(CC)c1ccc(/C=C/c2cc(-c3ccc(Br)cc3)cc(-c3cccc(Br)c3)[n+]2C)cc1. The zero-order valence-corrected chi connectivity index (χ0v) is 23.0. The molecule has 0 aliphatic heterocycles. The van der Waals surface area contributed by atoms with Crippen LogP contribution in [0.1, 0.15) is 25.1 Å². The summed E-state index contributed by atoms with van der Waals surface area (Å²) in [6, 6.07) is 30.3. The van der Waals surface area contributed by atoms with Crippen molar-refractivity contribution in [2.24, 2.45) is 7.05 Å². The van der Waals surface area contributed by atoms with Crippen LogP contribution >= 0.6 is 31.9 Å². The summed E-state index contributed by atoms with van der Waals surface area (Å²) in [5.74, 6) is 0. The molecule has 172 valence electrons. The number of aromatic nitrogens is 1. The van der Waals surface area contributed by atoms with Gasteiger partial charge in [-0.3, -0.25) is 0 Å². The molecule has 4 rings (SSSR count).